The van der Waals surface area contributed by atoms with Crippen molar-refractivity contribution in [3.05, 3.63) is 0 Å². The maximum Gasteiger partial charge on any atom is 0.332 e. The molecule has 17 heavy (non-hydrogen) atoms. The molecule has 5 heteroatoms. The Labute approximate surface area is 102 Å². The largest absolute Gasteiger partial charge is 0.479 e. The third-order valence-corrected chi connectivity index (χ3v) is 3.41. The standard InChI is InChI=1S/C12H21NO4/c1-4-8(5-2)13(3)11(14)9-6-7-10(17-9)12(15)16/h8-10H,4-7H2,1-3H3,(H,15,16). The molecule has 0 saturated carbocycles. The second kappa shape index (κ2) is 6.00. The molecule has 98 valence electrons. The molecule has 1 aliphatic heterocycles. The fourth-order valence-electron chi connectivity index (χ4n) is 2.24. The molecular weight excluding hydrogens is 222 g/mol. The molecule has 1 saturated heterocycles. The number of carbonyl (C=O) groups excluding carboxylic acids is 1. The Morgan fingerprint density at radius 2 is 1.82 bits per heavy atom. The van der Waals surface area contributed by atoms with Gasteiger partial charge < -0.3 is 14.7 Å². The zero-order valence-electron chi connectivity index (χ0n) is 10.7. The summed E-state index contributed by atoms with van der Waals surface area (Å²) in [4.78, 5) is 24.5. The molecular formula is C12H21NO4. The first-order valence-corrected chi connectivity index (χ1v) is 6.16. The number of rotatable bonds is 5. The summed E-state index contributed by atoms with van der Waals surface area (Å²) in [6.45, 7) is 4.07. The van der Waals surface area contributed by atoms with Crippen LogP contribution in [-0.4, -0.2) is 47.2 Å². The summed E-state index contributed by atoms with van der Waals surface area (Å²) in [6.07, 6.45) is 1.31. The third-order valence-electron chi connectivity index (χ3n) is 3.41. The molecule has 0 radical (unpaired) electrons. The fraction of sp³-hybridized carbons (Fsp3) is 0.833. The fourth-order valence-corrected chi connectivity index (χ4v) is 2.24. The van der Waals surface area contributed by atoms with Crippen molar-refractivity contribution >= 4 is 11.9 Å². The van der Waals surface area contributed by atoms with Gasteiger partial charge in [0.15, 0.2) is 6.10 Å². The zero-order chi connectivity index (χ0) is 13.0. The predicted octanol–water partition coefficient (Wildman–Crippen LogP) is 1.27. The van der Waals surface area contributed by atoms with Crippen molar-refractivity contribution in [2.75, 3.05) is 7.05 Å². The molecule has 0 aliphatic carbocycles. The van der Waals surface area contributed by atoms with Gasteiger partial charge in [-0.3, -0.25) is 4.79 Å². The lowest BCUT2D eigenvalue weighted by atomic mass is 10.1. The number of likely N-dealkylation sites (N-methyl/N-ethyl adjacent to an activating group) is 1. The SMILES string of the molecule is CCC(CC)N(C)C(=O)C1CCC(C(=O)O)O1. The highest BCUT2D eigenvalue weighted by Gasteiger charge is 2.36. The summed E-state index contributed by atoms with van der Waals surface area (Å²) in [7, 11) is 1.76. The number of nitrogens with zero attached hydrogens (tertiary/aromatic N) is 1. The van der Waals surface area contributed by atoms with Crippen molar-refractivity contribution in [1.82, 2.24) is 4.90 Å². The van der Waals surface area contributed by atoms with Crippen LogP contribution in [-0.2, 0) is 14.3 Å². The molecule has 1 aliphatic rings. The normalized spacial score (nSPS) is 24.0. The quantitative estimate of drug-likeness (QED) is 0.789. The molecule has 1 rings (SSSR count). The molecule has 0 aromatic carbocycles. The average Bonchev–Trinajstić information content (AvgIpc) is 2.78. The monoisotopic (exact) mass is 243 g/mol. The van der Waals surface area contributed by atoms with E-state index in [-0.39, 0.29) is 11.9 Å². The Balaban J connectivity index is 2.57. The molecule has 1 heterocycles. The number of carboxylic acid groups (broad SMARTS) is 1. The van der Waals surface area contributed by atoms with Crippen LogP contribution in [0.5, 0.6) is 0 Å². The van der Waals surface area contributed by atoms with Crippen LogP contribution in [0.1, 0.15) is 39.5 Å². The first-order valence-electron chi connectivity index (χ1n) is 6.16. The lowest BCUT2D eigenvalue weighted by Gasteiger charge is -2.28. The van der Waals surface area contributed by atoms with Gasteiger partial charge in [-0.15, -0.1) is 0 Å². The van der Waals surface area contributed by atoms with Gasteiger partial charge in [-0.2, -0.15) is 0 Å². The highest BCUT2D eigenvalue weighted by molar-refractivity contribution is 5.82. The molecule has 0 aromatic heterocycles. The molecule has 5 nitrogen and oxygen atoms in total. The number of ether oxygens (including phenoxy) is 1. The number of amides is 1. The van der Waals surface area contributed by atoms with Crippen LogP contribution in [0.25, 0.3) is 0 Å². The molecule has 0 aromatic rings. The van der Waals surface area contributed by atoms with Crippen LogP contribution in [0.15, 0.2) is 0 Å². The van der Waals surface area contributed by atoms with Gasteiger partial charge in [0.25, 0.3) is 5.91 Å². The summed E-state index contributed by atoms with van der Waals surface area (Å²) in [6, 6.07) is 0.204. The molecule has 0 bridgehead atoms. The van der Waals surface area contributed by atoms with Crippen molar-refractivity contribution in [2.24, 2.45) is 0 Å². The van der Waals surface area contributed by atoms with E-state index in [1.807, 2.05) is 13.8 Å². The van der Waals surface area contributed by atoms with Gasteiger partial charge in [0.1, 0.15) is 6.10 Å². The highest BCUT2D eigenvalue weighted by Crippen LogP contribution is 2.22. The van der Waals surface area contributed by atoms with E-state index in [1.165, 1.54) is 0 Å². The van der Waals surface area contributed by atoms with E-state index < -0.39 is 18.2 Å². The first-order chi connectivity index (χ1) is 8.01. The molecule has 2 atom stereocenters. The Morgan fingerprint density at radius 1 is 1.29 bits per heavy atom. The molecule has 1 amide bonds. The maximum absolute atomic E-state index is 12.1. The van der Waals surface area contributed by atoms with Crippen molar-refractivity contribution in [3.8, 4) is 0 Å². The van der Waals surface area contributed by atoms with Crippen LogP contribution in [0.2, 0.25) is 0 Å². The van der Waals surface area contributed by atoms with E-state index in [1.54, 1.807) is 11.9 Å². The van der Waals surface area contributed by atoms with Crippen molar-refractivity contribution < 1.29 is 19.4 Å². The Morgan fingerprint density at radius 3 is 2.24 bits per heavy atom. The first kappa shape index (κ1) is 14.0. The summed E-state index contributed by atoms with van der Waals surface area (Å²) >= 11 is 0. The highest BCUT2D eigenvalue weighted by atomic mass is 16.5. The van der Waals surface area contributed by atoms with Crippen molar-refractivity contribution in [3.63, 3.8) is 0 Å². The minimum atomic E-state index is -0.981. The van der Waals surface area contributed by atoms with Crippen LogP contribution < -0.4 is 0 Å². The minimum absolute atomic E-state index is 0.0950. The number of hydrogen-bond acceptors (Lipinski definition) is 3. The van der Waals surface area contributed by atoms with Gasteiger partial charge >= 0.3 is 5.97 Å². The maximum atomic E-state index is 12.1. The van der Waals surface area contributed by atoms with Gasteiger partial charge in [-0.25, -0.2) is 4.79 Å². The number of carboxylic acids is 1. The second-order valence-corrected chi connectivity index (χ2v) is 4.45. The van der Waals surface area contributed by atoms with Crippen molar-refractivity contribution in [1.29, 1.82) is 0 Å². The van der Waals surface area contributed by atoms with Crippen LogP contribution in [0, 0.1) is 0 Å². The molecule has 0 spiro atoms. The summed E-state index contributed by atoms with van der Waals surface area (Å²) in [5, 5.41) is 8.80. The number of carbonyl (C=O) groups is 2. The average molecular weight is 243 g/mol. The van der Waals surface area contributed by atoms with E-state index >= 15 is 0 Å². The third kappa shape index (κ3) is 3.19. The van der Waals surface area contributed by atoms with E-state index in [0.29, 0.717) is 12.8 Å². The summed E-state index contributed by atoms with van der Waals surface area (Å²) in [5.74, 6) is -1.08. The predicted molar refractivity (Wildman–Crippen MR) is 62.7 cm³/mol. The van der Waals surface area contributed by atoms with Gasteiger partial charge in [-0.05, 0) is 25.7 Å². The van der Waals surface area contributed by atoms with Gasteiger partial charge in [0, 0.05) is 13.1 Å². The van der Waals surface area contributed by atoms with E-state index in [0.717, 1.165) is 12.8 Å². The summed E-state index contributed by atoms with van der Waals surface area (Å²) in [5.41, 5.74) is 0. The number of aliphatic carboxylic acids is 1. The Hall–Kier alpha value is -1.10. The second-order valence-electron chi connectivity index (χ2n) is 4.45. The lowest BCUT2D eigenvalue weighted by molar-refractivity contribution is -0.155. The Kier molecular flexibility index (Phi) is 4.93. The smallest absolute Gasteiger partial charge is 0.332 e. The van der Waals surface area contributed by atoms with E-state index in [4.69, 9.17) is 9.84 Å². The lowest BCUT2D eigenvalue weighted by Crippen LogP contribution is -2.42. The van der Waals surface area contributed by atoms with Gasteiger partial charge in [0.05, 0.1) is 0 Å². The van der Waals surface area contributed by atoms with Crippen LogP contribution in [0.3, 0.4) is 0 Å². The molecule has 1 N–H and O–H groups in total. The summed E-state index contributed by atoms with van der Waals surface area (Å²) < 4.78 is 5.25. The van der Waals surface area contributed by atoms with E-state index in [2.05, 4.69) is 0 Å². The van der Waals surface area contributed by atoms with Gasteiger partial charge in [-0.1, -0.05) is 13.8 Å². The van der Waals surface area contributed by atoms with Gasteiger partial charge in [0.2, 0.25) is 0 Å². The van der Waals surface area contributed by atoms with E-state index in [9.17, 15) is 9.59 Å². The topological polar surface area (TPSA) is 66.8 Å². The number of hydrogen-bond donors (Lipinski definition) is 1. The van der Waals surface area contributed by atoms with Crippen LogP contribution >= 0.6 is 0 Å². The minimum Gasteiger partial charge on any atom is -0.479 e. The zero-order valence-corrected chi connectivity index (χ0v) is 10.7. The van der Waals surface area contributed by atoms with Crippen molar-refractivity contribution in [2.45, 2.75) is 57.8 Å². The molecule has 1 fully saturated rings. The Bertz CT molecular complexity index is 288. The molecule has 2 unspecified atom stereocenters. The van der Waals surface area contributed by atoms with Crippen LogP contribution in [0.4, 0.5) is 0 Å².